The van der Waals surface area contributed by atoms with Gasteiger partial charge in [0.2, 0.25) is 5.91 Å². The van der Waals surface area contributed by atoms with Crippen LogP contribution in [0.2, 0.25) is 0 Å². The van der Waals surface area contributed by atoms with E-state index in [0.29, 0.717) is 11.6 Å². The molecule has 1 fully saturated rings. The molecule has 1 aliphatic rings. The summed E-state index contributed by atoms with van der Waals surface area (Å²) in [5, 5.41) is 5.83. The van der Waals surface area contributed by atoms with Crippen molar-refractivity contribution in [3.8, 4) is 0 Å². The highest BCUT2D eigenvalue weighted by molar-refractivity contribution is 5.92. The third kappa shape index (κ3) is 4.96. The van der Waals surface area contributed by atoms with Gasteiger partial charge in [-0.2, -0.15) is 0 Å². The molecule has 4 nitrogen and oxygen atoms in total. The van der Waals surface area contributed by atoms with E-state index >= 15 is 0 Å². The normalized spacial score (nSPS) is 19.1. The highest BCUT2D eigenvalue weighted by Gasteiger charge is 2.13. The van der Waals surface area contributed by atoms with Crippen LogP contribution in [-0.2, 0) is 9.53 Å². The molecule has 0 aromatic heterocycles. The van der Waals surface area contributed by atoms with Crippen LogP contribution in [0.5, 0.6) is 0 Å². The lowest BCUT2D eigenvalue weighted by Crippen LogP contribution is -2.34. The molecule has 1 unspecified atom stereocenters. The first-order chi connectivity index (χ1) is 9.24. The number of hydrogen-bond donors (Lipinski definition) is 2. The van der Waals surface area contributed by atoms with E-state index in [9.17, 15) is 9.18 Å². The fraction of sp³-hybridized carbons (Fsp3) is 0.500. The van der Waals surface area contributed by atoms with Gasteiger partial charge in [-0.05, 0) is 43.0 Å². The maximum absolute atomic E-state index is 12.7. The predicted molar refractivity (Wildman–Crippen MR) is 71.4 cm³/mol. The fourth-order valence-electron chi connectivity index (χ4n) is 2.10. The molecule has 1 aromatic rings. The first-order valence-corrected chi connectivity index (χ1v) is 6.58. The van der Waals surface area contributed by atoms with Crippen LogP contribution < -0.4 is 10.6 Å². The van der Waals surface area contributed by atoms with Crippen LogP contribution in [0.3, 0.4) is 0 Å². The molecule has 0 spiro atoms. The fourth-order valence-corrected chi connectivity index (χ4v) is 2.10. The molecule has 2 N–H and O–H groups in total. The lowest BCUT2D eigenvalue weighted by Gasteiger charge is -2.22. The second-order valence-electron chi connectivity index (χ2n) is 4.77. The van der Waals surface area contributed by atoms with Gasteiger partial charge in [-0.25, -0.2) is 4.39 Å². The van der Waals surface area contributed by atoms with Crippen molar-refractivity contribution < 1.29 is 13.9 Å². The molecule has 1 aromatic carbocycles. The minimum Gasteiger partial charge on any atom is -0.381 e. The molecule has 0 bridgehead atoms. The van der Waals surface area contributed by atoms with Crippen molar-refractivity contribution in [3.05, 3.63) is 30.1 Å². The van der Waals surface area contributed by atoms with Gasteiger partial charge >= 0.3 is 0 Å². The van der Waals surface area contributed by atoms with E-state index in [2.05, 4.69) is 10.6 Å². The van der Waals surface area contributed by atoms with Crippen molar-refractivity contribution in [3.63, 3.8) is 0 Å². The number of ether oxygens (including phenoxy) is 1. The summed E-state index contributed by atoms with van der Waals surface area (Å²) < 4.78 is 18.1. The Kier molecular flexibility index (Phi) is 5.30. The van der Waals surface area contributed by atoms with Crippen molar-refractivity contribution in [1.29, 1.82) is 0 Å². The highest BCUT2D eigenvalue weighted by Crippen LogP contribution is 2.12. The minimum absolute atomic E-state index is 0.122. The van der Waals surface area contributed by atoms with Gasteiger partial charge in [0.1, 0.15) is 5.82 Å². The molecule has 19 heavy (non-hydrogen) atoms. The number of anilines is 1. The van der Waals surface area contributed by atoms with Crippen molar-refractivity contribution in [2.75, 3.05) is 31.6 Å². The Bertz CT molecular complexity index is 402. The second kappa shape index (κ2) is 7.21. The second-order valence-corrected chi connectivity index (χ2v) is 4.77. The van der Waals surface area contributed by atoms with Gasteiger partial charge in [-0.3, -0.25) is 4.79 Å². The van der Waals surface area contributed by atoms with E-state index in [4.69, 9.17) is 4.74 Å². The molecule has 0 aliphatic carbocycles. The highest BCUT2D eigenvalue weighted by atomic mass is 19.1. The SMILES string of the molecule is O=C(CNCC1CCCOC1)Nc1ccc(F)cc1. The van der Waals surface area contributed by atoms with Gasteiger partial charge in [0.15, 0.2) is 0 Å². The van der Waals surface area contributed by atoms with Crippen LogP contribution >= 0.6 is 0 Å². The Labute approximate surface area is 112 Å². The van der Waals surface area contributed by atoms with E-state index in [0.717, 1.165) is 32.6 Å². The van der Waals surface area contributed by atoms with E-state index in [1.54, 1.807) is 12.1 Å². The number of halogens is 1. The third-order valence-electron chi connectivity index (χ3n) is 3.10. The molecule has 1 amide bonds. The summed E-state index contributed by atoms with van der Waals surface area (Å²) >= 11 is 0. The van der Waals surface area contributed by atoms with E-state index in [1.807, 2.05) is 0 Å². The number of rotatable bonds is 5. The molecule has 1 atom stereocenters. The van der Waals surface area contributed by atoms with Crippen LogP contribution in [0.15, 0.2) is 24.3 Å². The smallest absolute Gasteiger partial charge is 0.238 e. The quantitative estimate of drug-likeness (QED) is 0.854. The lowest BCUT2D eigenvalue weighted by molar-refractivity contribution is -0.115. The van der Waals surface area contributed by atoms with Crippen LogP contribution in [0.1, 0.15) is 12.8 Å². The molecular formula is C14H19FN2O2. The summed E-state index contributed by atoms with van der Waals surface area (Å²) in [6.07, 6.45) is 2.24. The molecule has 2 rings (SSSR count). The third-order valence-corrected chi connectivity index (χ3v) is 3.10. The summed E-state index contributed by atoms with van der Waals surface area (Å²) in [6, 6.07) is 5.73. The standard InChI is InChI=1S/C14H19FN2O2/c15-12-3-5-13(6-4-12)17-14(18)9-16-8-11-2-1-7-19-10-11/h3-6,11,16H,1-2,7-10H2,(H,17,18). The lowest BCUT2D eigenvalue weighted by atomic mass is 10.0. The molecule has 1 heterocycles. The van der Waals surface area contributed by atoms with E-state index in [-0.39, 0.29) is 18.3 Å². The number of carbonyl (C=O) groups is 1. The molecule has 5 heteroatoms. The maximum Gasteiger partial charge on any atom is 0.238 e. The summed E-state index contributed by atoms with van der Waals surface area (Å²) in [5.41, 5.74) is 0.606. The van der Waals surface area contributed by atoms with E-state index < -0.39 is 0 Å². The predicted octanol–water partition coefficient (Wildman–Crippen LogP) is 1.78. The van der Waals surface area contributed by atoms with Crippen molar-refractivity contribution in [1.82, 2.24) is 5.32 Å². The first kappa shape index (κ1) is 14.0. The number of amides is 1. The zero-order valence-electron chi connectivity index (χ0n) is 10.8. The number of nitrogens with one attached hydrogen (secondary N) is 2. The van der Waals surface area contributed by atoms with Gasteiger partial charge < -0.3 is 15.4 Å². The van der Waals surface area contributed by atoms with Crippen molar-refractivity contribution >= 4 is 11.6 Å². The topological polar surface area (TPSA) is 50.4 Å². The van der Waals surface area contributed by atoms with Gasteiger partial charge in [-0.15, -0.1) is 0 Å². The van der Waals surface area contributed by atoms with E-state index in [1.165, 1.54) is 12.1 Å². The maximum atomic E-state index is 12.7. The zero-order chi connectivity index (χ0) is 13.5. The van der Waals surface area contributed by atoms with Crippen LogP contribution in [0.25, 0.3) is 0 Å². The Balaban J connectivity index is 1.65. The minimum atomic E-state index is -0.312. The first-order valence-electron chi connectivity index (χ1n) is 6.58. The van der Waals surface area contributed by atoms with Crippen molar-refractivity contribution in [2.24, 2.45) is 5.92 Å². The van der Waals surface area contributed by atoms with Crippen molar-refractivity contribution in [2.45, 2.75) is 12.8 Å². The molecule has 1 aliphatic heterocycles. The largest absolute Gasteiger partial charge is 0.381 e. The molecule has 1 saturated heterocycles. The average molecular weight is 266 g/mol. The molecule has 104 valence electrons. The summed E-state index contributed by atoms with van der Waals surface area (Å²) in [7, 11) is 0. The zero-order valence-corrected chi connectivity index (χ0v) is 10.8. The average Bonchev–Trinajstić information content (AvgIpc) is 2.43. The van der Waals surface area contributed by atoms with Gasteiger partial charge in [-0.1, -0.05) is 0 Å². The van der Waals surface area contributed by atoms with Crippen LogP contribution in [0, 0.1) is 11.7 Å². The Morgan fingerprint density at radius 1 is 1.37 bits per heavy atom. The summed E-state index contributed by atoms with van der Waals surface area (Å²) in [6.45, 7) is 2.67. The van der Waals surface area contributed by atoms with Gasteiger partial charge in [0, 0.05) is 18.8 Å². The number of carbonyl (C=O) groups excluding carboxylic acids is 1. The Morgan fingerprint density at radius 3 is 2.84 bits per heavy atom. The molecule has 0 saturated carbocycles. The summed E-state index contributed by atoms with van der Waals surface area (Å²) in [4.78, 5) is 11.6. The van der Waals surface area contributed by atoms with Gasteiger partial charge in [0.05, 0.1) is 13.2 Å². The summed E-state index contributed by atoms with van der Waals surface area (Å²) in [5.74, 6) is 0.0594. The molecular weight excluding hydrogens is 247 g/mol. The number of benzene rings is 1. The monoisotopic (exact) mass is 266 g/mol. The molecule has 0 radical (unpaired) electrons. The van der Waals surface area contributed by atoms with Crippen LogP contribution in [0.4, 0.5) is 10.1 Å². The van der Waals surface area contributed by atoms with Gasteiger partial charge in [0.25, 0.3) is 0 Å². The number of hydrogen-bond acceptors (Lipinski definition) is 3. The Hall–Kier alpha value is -1.46. The Morgan fingerprint density at radius 2 is 2.16 bits per heavy atom. The van der Waals surface area contributed by atoms with Crippen LogP contribution in [-0.4, -0.2) is 32.2 Å².